The first-order chi connectivity index (χ1) is 12.0. The van der Waals surface area contributed by atoms with Crippen LogP contribution in [0.4, 0.5) is 0 Å². The molecule has 2 aromatic carbocycles. The molecule has 0 aliphatic carbocycles. The van der Waals surface area contributed by atoms with Crippen LogP contribution in [0.5, 0.6) is 0 Å². The quantitative estimate of drug-likeness (QED) is 0.786. The third kappa shape index (κ3) is 5.72. The molecule has 0 spiro atoms. The molecule has 2 rings (SSSR count). The molecule has 2 aromatic rings. The lowest BCUT2D eigenvalue weighted by molar-refractivity contribution is -0.129. The highest BCUT2D eigenvalue weighted by Crippen LogP contribution is 2.09. The molecule has 0 aliphatic heterocycles. The molecule has 1 atom stereocenters. The smallest absolute Gasteiger partial charge is 0.338 e. The van der Waals surface area contributed by atoms with Crippen molar-refractivity contribution in [3.8, 4) is 0 Å². The summed E-state index contributed by atoms with van der Waals surface area (Å²) in [5.74, 6) is -0.863. The first kappa shape index (κ1) is 18.7. The molecule has 0 heterocycles. The maximum absolute atomic E-state index is 12.2. The molecule has 0 saturated carbocycles. The van der Waals surface area contributed by atoms with Crippen molar-refractivity contribution in [1.29, 1.82) is 0 Å². The SMILES string of the molecule is COCc1cccc(C(=O)O[C@@H](C)C(=O)NCc2ccc(C)cc2)c1. The Morgan fingerprint density at radius 1 is 1.08 bits per heavy atom. The lowest BCUT2D eigenvalue weighted by atomic mass is 10.1. The number of methoxy groups -OCH3 is 1. The fraction of sp³-hybridized carbons (Fsp3) is 0.300. The number of benzene rings is 2. The molecule has 0 fully saturated rings. The van der Waals surface area contributed by atoms with Gasteiger partial charge in [0.2, 0.25) is 0 Å². The number of rotatable bonds is 7. The zero-order valence-electron chi connectivity index (χ0n) is 14.7. The summed E-state index contributed by atoms with van der Waals surface area (Å²) in [5, 5.41) is 2.77. The van der Waals surface area contributed by atoms with Gasteiger partial charge in [-0.2, -0.15) is 0 Å². The largest absolute Gasteiger partial charge is 0.449 e. The van der Waals surface area contributed by atoms with Crippen LogP contribution in [-0.2, 0) is 27.4 Å². The Hall–Kier alpha value is -2.66. The molecule has 25 heavy (non-hydrogen) atoms. The highest BCUT2D eigenvalue weighted by Gasteiger charge is 2.18. The topological polar surface area (TPSA) is 64.6 Å². The normalized spacial score (nSPS) is 11.6. The Morgan fingerprint density at radius 3 is 2.48 bits per heavy atom. The molecule has 0 bridgehead atoms. The van der Waals surface area contributed by atoms with Crippen LogP contribution in [0.3, 0.4) is 0 Å². The van der Waals surface area contributed by atoms with E-state index in [0.717, 1.165) is 16.7 Å². The van der Waals surface area contributed by atoms with Gasteiger partial charge in [0, 0.05) is 13.7 Å². The van der Waals surface area contributed by atoms with Gasteiger partial charge in [-0.1, -0.05) is 42.0 Å². The van der Waals surface area contributed by atoms with Gasteiger partial charge < -0.3 is 14.8 Å². The monoisotopic (exact) mass is 341 g/mol. The van der Waals surface area contributed by atoms with E-state index in [1.165, 1.54) is 0 Å². The lowest BCUT2D eigenvalue weighted by Crippen LogP contribution is -2.35. The Balaban J connectivity index is 1.88. The van der Waals surface area contributed by atoms with E-state index in [1.54, 1.807) is 32.2 Å². The molecule has 0 unspecified atom stereocenters. The van der Waals surface area contributed by atoms with E-state index in [9.17, 15) is 9.59 Å². The van der Waals surface area contributed by atoms with E-state index in [1.807, 2.05) is 37.3 Å². The number of amides is 1. The maximum Gasteiger partial charge on any atom is 0.338 e. The van der Waals surface area contributed by atoms with E-state index in [0.29, 0.717) is 18.7 Å². The third-order valence-corrected chi connectivity index (χ3v) is 3.71. The number of aryl methyl sites for hydroxylation is 1. The number of ether oxygens (including phenoxy) is 2. The maximum atomic E-state index is 12.2. The van der Waals surface area contributed by atoms with Gasteiger partial charge in [0.15, 0.2) is 6.10 Å². The molecular weight excluding hydrogens is 318 g/mol. The van der Waals surface area contributed by atoms with Crippen LogP contribution in [0.2, 0.25) is 0 Å². The highest BCUT2D eigenvalue weighted by molar-refractivity contribution is 5.92. The summed E-state index contributed by atoms with van der Waals surface area (Å²) in [6, 6.07) is 14.8. The van der Waals surface area contributed by atoms with Gasteiger partial charge in [-0.3, -0.25) is 4.79 Å². The van der Waals surface area contributed by atoms with Crippen LogP contribution in [-0.4, -0.2) is 25.1 Å². The molecule has 1 amide bonds. The number of hydrogen-bond donors (Lipinski definition) is 1. The lowest BCUT2D eigenvalue weighted by Gasteiger charge is -2.14. The first-order valence-electron chi connectivity index (χ1n) is 8.11. The molecule has 1 N–H and O–H groups in total. The van der Waals surface area contributed by atoms with Crippen molar-refractivity contribution >= 4 is 11.9 Å². The molecular formula is C20H23NO4. The predicted octanol–water partition coefficient (Wildman–Crippen LogP) is 3.00. The van der Waals surface area contributed by atoms with Crippen molar-refractivity contribution in [3.05, 3.63) is 70.8 Å². The predicted molar refractivity (Wildman–Crippen MR) is 95.1 cm³/mol. The van der Waals surface area contributed by atoms with Crippen molar-refractivity contribution in [2.75, 3.05) is 7.11 Å². The van der Waals surface area contributed by atoms with E-state index in [4.69, 9.17) is 9.47 Å². The fourth-order valence-corrected chi connectivity index (χ4v) is 2.28. The van der Waals surface area contributed by atoms with Crippen molar-refractivity contribution in [1.82, 2.24) is 5.32 Å². The Kier molecular flexibility index (Phi) is 6.71. The first-order valence-corrected chi connectivity index (χ1v) is 8.11. The third-order valence-electron chi connectivity index (χ3n) is 3.71. The van der Waals surface area contributed by atoms with Crippen LogP contribution in [0.25, 0.3) is 0 Å². The number of carbonyl (C=O) groups is 2. The molecule has 132 valence electrons. The summed E-state index contributed by atoms with van der Waals surface area (Å²) in [5.41, 5.74) is 3.42. The molecule has 0 radical (unpaired) electrons. The van der Waals surface area contributed by atoms with Gasteiger partial charge in [0.05, 0.1) is 12.2 Å². The van der Waals surface area contributed by atoms with Crippen LogP contribution >= 0.6 is 0 Å². The highest BCUT2D eigenvalue weighted by atomic mass is 16.5. The second-order valence-electron chi connectivity index (χ2n) is 5.88. The molecule has 0 saturated heterocycles. The van der Waals surface area contributed by atoms with Crippen molar-refractivity contribution in [2.45, 2.75) is 33.1 Å². The summed E-state index contributed by atoms with van der Waals surface area (Å²) < 4.78 is 10.3. The van der Waals surface area contributed by atoms with Crippen LogP contribution < -0.4 is 5.32 Å². The summed E-state index contributed by atoms with van der Waals surface area (Å²) in [7, 11) is 1.59. The van der Waals surface area contributed by atoms with Gasteiger partial charge in [0.1, 0.15) is 0 Å². The minimum atomic E-state index is -0.871. The average molecular weight is 341 g/mol. The van der Waals surface area contributed by atoms with Gasteiger partial charge in [0.25, 0.3) is 5.91 Å². The molecule has 0 aliphatic rings. The summed E-state index contributed by atoms with van der Waals surface area (Å²) in [4.78, 5) is 24.3. The van der Waals surface area contributed by atoms with Crippen LogP contribution in [0, 0.1) is 6.92 Å². The van der Waals surface area contributed by atoms with Crippen LogP contribution in [0.15, 0.2) is 48.5 Å². The van der Waals surface area contributed by atoms with E-state index in [-0.39, 0.29) is 5.91 Å². The van der Waals surface area contributed by atoms with Gasteiger partial charge in [-0.15, -0.1) is 0 Å². The van der Waals surface area contributed by atoms with Gasteiger partial charge in [-0.25, -0.2) is 4.79 Å². The zero-order chi connectivity index (χ0) is 18.2. The molecule has 5 nitrogen and oxygen atoms in total. The summed E-state index contributed by atoms with van der Waals surface area (Å²) in [6.45, 7) is 4.37. The van der Waals surface area contributed by atoms with E-state index >= 15 is 0 Å². The van der Waals surface area contributed by atoms with Crippen LogP contribution in [0.1, 0.15) is 34.0 Å². The standard InChI is InChI=1S/C20H23NO4/c1-14-7-9-16(10-8-14)12-21-19(22)15(2)25-20(23)18-6-4-5-17(11-18)13-24-3/h4-11,15H,12-13H2,1-3H3,(H,21,22)/t15-/m0/s1. The van der Waals surface area contributed by atoms with Gasteiger partial charge >= 0.3 is 5.97 Å². The Morgan fingerprint density at radius 2 is 1.80 bits per heavy atom. The number of carbonyl (C=O) groups excluding carboxylic acids is 2. The second kappa shape index (κ2) is 8.99. The fourth-order valence-electron chi connectivity index (χ4n) is 2.28. The average Bonchev–Trinajstić information content (AvgIpc) is 2.61. The van der Waals surface area contributed by atoms with Crippen molar-refractivity contribution in [2.24, 2.45) is 0 Å². The summed E-state index contributed by atoms with van der Waals surface area (Å²) in [6.07, 6.45) is -0.871. The molecule has 5 heteroatoms. The number of nitrogens with one attached hydrogen (secondary N) is 1. The number of esters is 1. The molecule has 0 aromatic heterocycles. The minimum absolute atomic E-state index is 0.332. The summed E-state index contributed by atoms with van der Waals surface area (Å²) >= 11 is 0. The minimum Gasteiger partial charge on any atom is -0.449 e. The zero-order valence-corrected chi connectivity index (χ0v) is 14.7. The van der Waals surface area contributed by atoms with Crippen molar-refractivity contribution in [3.63, 3.8) is 0 Å². The second-order valence-corrected chi connectivity index (χ2v) is 5.88. The van der Waals surface area contributed by atoms with Crippen molar-refractivity contribution < 1.29 is 19.1 Å². The van der Waals surface area contributed by atoms with E-state index < -0.39 is 12.1 Å². The Bertz CT molecular complexity index is 725. The van der Waals surface area contributed by atoms with Gasteiger partial charge in [-0.05, 0) is 37.1 Å². The number of hydrogen-bond acceptors (Lipinski definition) is 4. The Labute approximate surface area is 148 Å². The van der Waals surface area contributed by atoms with E-state index in [2.05, 4.69) is 5.32 Å².